The molecule has 1 amide bonds. The van der Waals surface area contributed by atoms with Gasteiger partial charge in [-0.05, 0) is 44.2 Å². The summed E-state index contributed by atoms with van der Waals surface area (Å²) in [5, 5.41) is 13.1. The Morgan fingerprint density at radius 3 is 2.28 bits per heavy atom. The Labute approximate surface area is 182 Å². The minimum absolute atomic E-state index is 0.00338. The maximum absolute atomic E-state index is 13.1. The molecular formula is C19H20F3N3O6S. The fraction of sp³-hybridized carbons (Fsp3) is 0.316. The van der Waals surface area contributed by atoms with Gasteiger partial charge in [0, 0.05) is 30.9 Å². The number of nitrogens with one attached hydrogen (secondary N) is 1. The second-order valence-electron chi connectivity index (χ2n) is 6.91. The van der Waals surface area contributed by atoms with E-state index in [2.05, 4.69) is 5.32 Å². The molecule has 0 bridgehead atoms. The first-order valence-electron chi connectivity index (χ1n) is 9.10. The molecule has 9 nitrogen and oxygen atoms in total. The Hall–Kier alpha value is -3.19. The Bertz CT molecular complexity index is 1100. The third kappa shape index (κ3) is 5.95. The predicted molar refractivity (Wildman–Crippen MR) is 109 cm³/mol. The molecule has 0 saturated carbocycles. The number of anilines is 1. The van der Waals surface area contributed by atoms with Gasteiger partial charge in [-0.2, -0.15) is 17.5 Å². The Morgan fingerprint density at radius 1 is 1.19 bits per heavy atom. The van der Waals surface area contributed by atoms with Crippen molar-refractivity contribution < 1.29 is 36.0 Å². The lowest BCUT2D eigenvalue weighted by Crippen LogP contribution is -2.33. The zero-order chi connectivity index (χ0) is 24.3. The molecule has 0 fully saturated rings. The summed E-state index contributed by atoms with van der Waals surface area (Å²) in [5.41, 5.74) is -1.96. The number of nitro benzene ring substituents is 1. The van der Waals surface area contributed by atoms with Gasteiger partial charge in [0.2, 0.25) is 10.0 Å². The first kappa shape index (κ1) is 25.1. The summed E-state index contributed by atoms with van der Waals surface area (Å²) in [6.45, 7) is 2.61. The van der Waals surface area contributed by atoms with Gasteiger partial charge in [0.15, 0.2) is 6.61 Å². The number of nitro groups is 1. The van der Waals surface area contributed by atoms with Crippen molar-refractivity contribution in [3.63, 3.8) is 0 Å². The minimum atomic E-state index is -4.93. The highest BCUT2D eigenvalue weighted by molar-refractivity contribution is 7.89. The normalized spacial score (nSPS) is 12.1. The molecule has 0 saturated heterocycles. The predicted octanol–water partition coefficient (Wildman–Crippen LogP) is 3.66. The van der Waals surface area contributed by atoms with E-state index in [4.69, 9.17) is 4.74 Å². The van der Waals surface area contributed by atoms with Gasteiger partial charge in [0.25, 0.3) is 11.6 Å². The average molecular weight is 475 g/mol. The van der Waals surface area contributed by atoms with Crippen LogP contribution in [0, 0.1) is 10.1 Å². The van der Waals surface area contributed by atoms with Crippen LogP contribution in [0.4, 0.5) is 24.5 Å². The van der Waals surface area contributed by atoms with Crippen LogP contribution < -0.4 is 10.1 Å². The van der Waals surface area contributed by atoms with Gasteiger partial charge in [-0.15, -0.1) is 0 Å². The highest BCUT2D eigenvalue weighted by atomic mass is 32.2. The van der Waals surface area contributed by atoms with E-state index < -0.39 is 50.6 Å². The van der Waals surface area contributed by atoms with E-state index in [0.29, 0.717) is 6.07 Å². The number of nitrogens with zero attached hydrogens (tertiary/aromatic N) is 2. The number of ether oxygens (including phenoxy) is 1. The maximum atomic E-state index is 13.1. The van der Waals surface area contributed by atoms with Gasteiger partial charge < -0.3 is 10.1 Å². The fourth-order valence-electron chi connectivity index (χ4n) is 2.47. The van der Waals surface area contributed by atoms with Crippen molar-refractivity contribution in [1.29, 1.82) is 0 Å². The zero-order valence-electron chi connectivity index (χ0n) is 17.2. The molecule has 174 valence electrons. The van der Waals surface area contributed by atoms with Crippen LogP contribution in [0.25, 0.3) is 0 Å². The molecule has 2 aromatic rings. The quantitative estimate of drug-likeness (QED) is 0.460. The number of non-ortho nitro benzene ring substituents is 1. The second kappa shape index (κ2) is 9.53. The number of sulfonamides is 1. The van der Waals surface area contributed by atoms with E-state index in [9.17, 15) is 36.5 Å². The van der Waals surface area contributed by atoms with Crippen LogP contribution in [0.5, 0.6) is 5.75 Å². The van der Waals surface area contributed by atoms with Crippen molar-refractivity contribution in [3.05, 3.63) is 58.1 Å². The maximum Gasteiger partial charge on any atom is 0.420 e. The van der Waals surface area contributed by atoms with Gasteiger partial charge in [-0.1, -0.05) is 0 Å². The van der Waals surface area contributed by atoms with Gasteiger partial charge in [0.05, 0.1) is 9.82 Å². The Morgan fingerprint density at radius 2 is 1.78 bits per heavy atom. The van der Waals surface area contributed by atoms with Crippen molar-refractivity contribution in [2.45, 2.75) is 31.0 Å². The molecule has 2 aromatic carbocycles. The number of benzene rings is 2. The third-order valence-electron chi connectivity index (χ3n) is 4.38. The number of halogens is 3. The van der Waals surface area contributed by atoms with Crippen LogP contribution in [0.15, 0.2) is 47.4 Å². The third-order valence-corrected chi connectivity index (χ3v) is 6.43. The monoisotopic (exact) mass is 475 g/mol. The van der Waals surface area contributed by atoms with Crippen LogP contribution in [0.3, 0.4) is 0 Å². The SMILES string of the molecule is CC(C)N(C)S(=O)(=O)c1ccc(NC(=O)COc2ccc([N+](=O)[O-])cc2C(F)(F)F)cc1. The number of carbonyl (C=O) groups is 1. The molecule has 0 aliphatic heterocycles. The lowest BCUT2D eigenvalue weighted by molar-refractivity contribution is -0.385. The van der Waals surface area contributed by atoms with E-state index in [1.807, 2.05) is 0 Å². The van der Waals surface area contributed by atoms with E-state index >= 15 is 0 Å². The highest BCUT2D eigenvalue weighted by Gasteiger charge is 2.36. The van der Waals surface area contributed by atoms with Gasteiger partial charge in [-0.3, -0.25) is 14.9 Å². The number of carbonyl (C=O) groups excluding carboxylic acids is 1. The largest absolute Gasteiger partial charge is 0.483 e. The first-order valence-corrected chi connectivity index (χ1v) is 10.5. The summed E-state index contributed by atoms with van der Waals surface area (Å²) < 4.78 is 70.4. The molecule has 13 heteroatoms. The summed E-state index contributed by atoms with van der Waals surface area (Å²) in [7, 11) is -2.29. The van der Waals surface area contributed by atoms with Crippen LogP contribution in [-0.4, -0.2) is 43.2 Å². The van der Waals surface area contributed by atoms with Crippen molar-refractivity contribution in [2.75, 3.05) is 19.0 Å². The van der Waals surface area contributed by atoms with Crippen molar-refractivity contribution in [2.24, 2.45) is 0 Å². The molecule has 0 atom stereocenters. The molecule has 0 unspecified atom stereocenters. The summed E-state index contributed by atoms with van der Waals surface area (Å²) in [5.74, 6) is -1.55. The topological polar surface area (TPSA) is 119 Å². The summed E-state index contributed by atoms with van der Waals surface area (Å²) in [6.07, 6.45) is -4.93. The van der Waals surface area contributed by atoms with Crippen LogP contribution in [0.2, 0.25) is 0 Å². The van der Waals surface area contributed by atoms with Crippen molar-refractivity contribution >= 4 is 27.3 Å². The molecule has 0 aromatic heterocycles. The van der Waals surface area contributed by atoms with Gasteiger partial charge in [0.1, 0.15) is 11.3 Å². The van der Waals surface area contributed by atoms with Crippen LogP contribution in [-0.2, 0) is 21.0 Å². The molecule has 0 radical (unpaired) electrons. The van der Waals surface area contributed by atoms with Crippen molar-refractivity contribution in [1.82, 2.24) is 4.31 Å². The number of alkyl halides is 3. The summed E-state index contributed by atoms with van der Waals surface area (Å²) in [4.78, 5) is 21.8. The van der Waals surface area contributed by atoms with E-state index in [-0.39, 0.29) is 16.6 Å². The zero-order valence-corrected chi connectivity index (χ0v) is 18.0. The van der Waals surface area contributed by atoms with E-state index in [0.717, 1.165) is 12.1 Å². The Balaban J connectivity index is 2.09. The molecule has 0 heterocycles. The highest BCUT2D eigenvalue weighted by Crippen LogP contribution is 2.38. The molecule has 0 spiro atoms. The summed E-state index contributed by atoms with van der Waals surface area (Å²) >= 11 is 0. The molecule has 2 rings (SSSR count). The minimum Gasteiger partial charge on any atom is -0.483 e. The van der Waals surface area contributed by atoms with E-state index in [1.165, 1.54) is 35.6 Å². The van der Waals surface area contributed by atoms with Gasteiger partial charge in [-0.25, -0.2) is 8.42 Å². The van der Waals surface area contributed by atoms with E-state index in [1.54, 1.807) is 13.8 Å². The number of hydrogen-bond donors (Lipinski definition) is 1. The molecule has 32 heavy (non-hydrogen) atoms. The average Bonchev–Trinajstić information content (AvgIpc) is 2.71. The number of rotatable bonds is 8. The van der Waals surface area contributed by atoms with Crippen LogP contribution >= 0.6 is 0 Å². The van der Waals surface area contributed by atoms with Crippen LogP contribution in [0.1, 0.15) is 19.4 Å². The van der Waals surface area contributed by atoms with Crippen molar-refractivity contribution in [3.8, 4) is 5.75 Å². The number of hydrogen-bond acceptors (Lipinski definition) is 6. The second-order valence-corrected chi connectivity index (χ2v) is 8.91. The molecular weight excluding hydrogens is 455 g/mol. The number of amides is 1. The molecule has 0 aliphatic carbocycles. The lowest BCUT2D eigenvalue weighted by Gasteiger charge is -2.21. The molecule has 1 N–H and O–H groups in total. The first-order chi connectivity index (χ1) is 14.7. The Kier molecular flexibility index (Phi) is 7.46. The summed E-state index contributed by atoms with van der Waals surface area (Å²) in [6, 6.07) is 6.86. The lowest BCUT2D eigenvalue weighted by atomic mass is 10.1. The van der Waals surface area contributed by atoms with Gasteiger partial charge >= 0.3 is 6.18 Å². The smallest absolute Gasteiger partial charge is 0.420 e. The standard InChI is InChI=1S/C19H20F3N3O6S/c1-12(2)24(3)32(29,30)15-7-4-13(5-8-15)23-18(26)11-31-17-9-6-14(25(27)28)10-16(17)19(20,21)22/h4-10,12H,11H2,1-3H3,(H,23,26). The molecule has 0 aliphatic rings. The fourth-order valence-corrected chi connectivity index (χ4v) is 3.84.